The fourth-order valence-corrected chi connectivity index (χ4v) is 8.93. The third-order valence-corrected chi connectivity index (χ3v) is 12.0. The standard InChI is InChI=1S/C51H50N4O4/c1-26-14-18-38(47-36(26)20-16-29(4)52-47)31(6)54-33(8)44-43(57)23-22-41-46(40-13-11-10-12-35(40)25-56)42-24-28(3)49(58)45(51(42)59-50(41)44)34(9)55-32(7)39-19-15-27(2)37-21-17-30(5)53-48(37)39/h10-25,31-34,54-55,58H,1-9H3. The molecular weight excluding hydrogens is 733 g/mol. The van der Waals surface area contributed by atoms with Crippen molar-refractivity contribution >= 4 is 39.1 Å². The summed E-state index contributed by atoms with van der Waals surface area (Å²) in [6.07, 6.45) is 0.856. The zero-order chi connectivity index (χ0) is 41.9. The molecule has 8 nitrogen and oxygen atoms in total. The Balaban J connectivity index is 1.31. The average Bonchev–Trinajstić information content (AvgIpc) is 3.20. The fourth-order valence-electron chi connectivity index (χ4n) is 8.93. The zero-order valence-corrected chi connectivity index (χ0v) is 35.1. The normalized spacial score (nSPS) is 13.9. The number of aryl methyl sites for hydroxylation is 5. The Hall–Kier alpha value is -6.22. The average molecular weight is 783 g/mol. The van der Waals surface area contributed by atoms with Crippen molar-refractivity contribution in [3.05, 3.63) is 157 Å². The fraction of sp³-hybridized carbons (Fsp3) is 0.255. The molecule has 4 atom stereocenters. The van der Waals surface area contributed by atoms with Crippen molar-refractivity contribution < 1.29 is 14.3 Å². The number of benzene rings is 5. The van der Waals surface area contributed by atoms with Gasteiger partial charge >= 0.3 is 0 Å². The molecule has 2 aromatic heterocycles. The highest BCUT2D eigenvalue weighted by atomic mass is 16.3. The molecule has 59 heavy (non-hydrogen) atoms. The summed E-state index contributed by atoms with van der Waals surface area (Å²) in [5.41, 5.74) is 12.7. The largest absolute Gasteiger partial charge is 0.507 e. The van der Waals surface area contributed by atoms with Gasteiger partial charge in [-0.05, 0) is 126 Å². The quantitative estimate of drug-likeness (QED) is 0.0927. The number of aromatic nitrogens is 2. The molecule has 3 N–H and O–H groups in total. The number of phenols is 1. The second-order valence-electron chi connectivity index (χ2n) is 16.2. The van der Waals surface area contributed by atoms with Crippen LogP contribution in [0.15, 0.2) is 100 Å². The number of rotatable bonds is 10. The summed E-state index contributed by atoms with van der Waals surface area (Å²) in [6, 6.07) is 28.2. The van der Waals surface area contributed by atoms with Gasteiger partial charge in [0.25, 0.3) is 0 Å². The van der Waals surface area contributed by atoms with E-state index in [2.05, 4.69) is 74.7 Å². The molecule has 0 bridgehead atoms. The first-order chi connectivity index (χ1) is 28.3. The third kappa shape index (κ3) is 6.96. The first kappa shape index (κ1) is 39.6. The van der Waals surface area contributed by atoms with Crippen LogP contribution in [-0.2, 0) is 0 Å². The Labute approximate surface area is 344 Å². The summed E-state index contributed by atoms with van der Waals surface area (Å²) in [4.78, 5) is 36.7. The molecule has 1 aliphatic carbocycles. The minimum Gasteiger partial charge on any atom is -0.507 e. The molecular formula is C51H50N4O4. The first-order valence-corrected chi connectivity index (χ1v) is 20.3. The molecule has 0 fully saturated rings. The highest BCUT2D eigenvalue weighted by Crippen LogP contribution is 2.48. The van der Waals surface area contributed by atoms with Crippen LogP contribution < -0.4 is 16.1 Å². The number of nitrogens with zero attached hydrogens (tertiary/aromatic N) is 2. The molecule has 8 heteroatoms. The van der Waals surface area contributed by atoms with E-state index >= 15 is 0 Å². The van der Waals surface area contributed by atoms with Gasteiger partial charge in [-0.25, -0.2) is 0 Å². The Morgan fingerprint density at radius 3 is 1.75 bits per heavy atom. The lowest BCUT2D eigenvalue weighted by molar-refractivity contribution is 0.112. The van der Waals surface area contributed by atoms with Gasteiger partial charge in [-0.3, -0.25) is 19.6 Å². The lowest BCUT2D eigenvalue weighted by Gasteiger charge is -2.27. The third-order valence-electron chi connectivity index (χ3n) is 12.0. The van der Waals surface area contributed by atoms with Gasteiger partial charge in [0.15, 0.2) is 11.7 Å². The van der Waals surface area contributed by atoms with Crippen molar-refractivity contribution in [1.29, 1.82) is 0 Å². The van der Waals surface area contributed by atoms with E-state index in [9.17, 15) is 14.7 Å². The van der Waals surface area contributed by atoms with Crippen molar-refractivity contribution in [3.8, 4) is 28.2 Å². The van der Waals surface area contributed by atoms with Crippen LogP contribution in [0.3, 0.4) is 0 Å². The van der Waals surface area contributed by atoms with E-state index in [4.69, 9.17) is 14.4 Å². The van der Waals surface area contributed by atoms with Gasteiger partial charge in [-0.15, -0.1) is 0 Å². The molecule has 8 rings (SSSR count). The summed E-state index contributed by atoms with van der Waals surface area (Å²) in [5, 5.41) is 22.4. The second-order valence-corrected chi connectivity index (χ2v) is 16.2. The van der Waals surface area contributed by atoms with Crippen molar-refractivity contribution in [2.75, 3.05) is 0 Å². The molecule has 0 radical (unpaired) electrons. The van der Waals surface area contributed by atoms with Crippen molar-refractivity contribution in [2.45, 2.75) is 86.5 Å². The topological polar surface area (TPSA) is 117 Å². The lowest BCUT2D eigenvalue weighted by atomic mass is 9.86. The minimum absolute atomic E-state index is 0.0961. The van der Waals surface area contributed by atoms with Gasteiger partial charge in [0.2, 0.25) is 0 Å². The highest BCUT2D eigenvalue weighted by molar-refractivity contribution is 6.07. The molecule has 298 valence electrons. The zero-order valence-electron chi connectivity index (χ0n) is 35.1. The summed E-state index contributed by atoms with van der Waals surface area (Å²) in [7, 11) is 0. The molecule has 1 aliphatic heterocycles. The molecule has 2 aliphatic rings. The van der Waals surface area contributed by atoms with Gasteiger partial charge in [0, 0.05) is 68.4 Å². The van der Waals surface area contributed by atoms with E-state index < -0.39 is 12.1 Å². The van der Waals surface area contributed by atoms with Crippen LogP contribution in [0, 0.1) is 34.6 Å². The second kappa shape index (κ2) is 15.5. The van der Waals surface area contributed by atoms with Crippen LogP contribution >= 0.6 is 0 Å². The smallest absolute Gasteiger partial charge is 0.187 e. The number of carbonyl (C=O) groups is 1. The Morgan fingerprint density at radius 2 is 1.17 bits per heavy atom. The predicted octanol–water partition coefficient (Wildman–Crippen LogP) is 11.5. The van der Waals surface area contributed by atoms with Gasteiger partial charge in [-0.2, -0.15) is 0 Å². The Bertz CT molecular complexity index is 2990. The van der Waals surface area contributed by atoms with E-state index in [0.29, 0.717) is 44.7 Å². The maximum absolute atomic E-state index is 14.2. The predicted molar refractivity (Wildman–Crippen MR) is 239 cm³/mol. The van der Waals surface area contributed by atoms with Crippen LogP contribution in [0.1, 0.15) is 113 Å². The maximum atomic E-state index is 14.2. The van der Waals surface area contributed by atoms with E-state index in [1.54, 1.807) is 18.2 Å². The number of pyridine rings is 2. The van der Waals surface area contributed by atoms with Crippen LogP contribution in [0.2, 0.25) is 0 Å². The minimum atomic E-state index is -0.471. The number of aldehydes is 1. The van der Waals surface area contributed by atoms with E-state index in [0.717, 1.165) is 72.7 Å². The molecule has 4 unspecified atom stereocenters. The first-order valence-electron chi connectivity index (χ1n) is 20.3. The number of phenolic OH excluding ortho intramolecular Hbond substituents is 1. The van der Waals surface area contributed by atoms with E-state index in [-0.39, 0.29) is 23.3 Å². The number of hydrogen-bond donors (Lipinski definition) is 3. The van der Waals surface area contributed by atoms with Crippen LogP contribution in [0.4, 0.5) is 0 Å². The Morgan fingerprint density at radius 1 is 0.610 bits per heavy atom. The van der Waals surface area contributed by atoms with Gasteiger partial charge in [0.1, 0.15) is 17.1 Å². The molecule has 0 amide bonds. The molecule has 0 saturated carbocycles. The van der Waals surface area contributed by atoms with Crippen molar-refractivity contribution in [3.63, 3.8) is 0 Å². The van der Waals surface area contributed by atoms with Gasteiger partial charge in [-0.1, -0.05) is 60.7 Å². The van der Waals surface area contributed by atoms with Crippen LogP contribution in [0.5, 0.6) is 5.75 Å². The van der Waals surface area contributed by atoms with Crippen LogP contribution in [0.25, 0.3) is 55.2 Å². The number of nitrogens with one attached hydrogen (secondary N) is 2. The Kier molecular flexibility index (Phi) is 10.4. The highest BCUT2D eigenvalue weighted by Gasteiger charge is 2.30. The molecule has 4 aromatic carbocycles. The number of aromatic hydroxyl groups is 1. The van der Waals surface area contributed by atoms with Crippen LogP contribution in [-0.4, -0.2) is 21.4 Å². The monoisotopic (exact) mass is 782 g/mol. The molecule has 6 aromatic rings. The summed E-state index contributed by atoms with van der Waals surface area (Å²) in [5.74, 6) is 0.489. The van der Waals surface area contributed by atoms with E-state index in [1.165, 1.54) is 0 Å². The maximum Gasteiger partial charge on any atom is 0.187 e. The molecule has 3 heterocycles. The molecule has 0 spiro atoms. The number of fused-ring (bicyclic) bond motifs is 4. The number of hydrogen-bond acceptors (Lipinski definition) is 8. The van der Waals surface area contributed by atoms with E-state index in [1.807, 2.05) is 71.0 Å². The lowest BCUT2D eigenvalue weighted by Crippen LogP contribution is -2.28. The summed E-state index contributed by atoms with van der Waals surface area (Å²) < 4.78 is 7.03. The van der Waals surface area contributed by atoms with Gasteiger partial charge in [0.05, 0.1) is 22.2 Å². The van der Waals surface area contributed by atoms with Gasteiger partial charge < -0.3 is 20.2 Å². The molecule has 0 saturated heterocycles. The summed E-state index contributed by atoms with van der Waals surface area (Å²) >= 11 is 0. The summed E-state index contributed by atoms with van der Waals surface area (Å²) in [6.45, 7) is 18.2. The van der Waals surface area contributed by atoms with Crippen molar-refractivity contribution in [1.82, 2.24) is 20.6 Å². The van der Waals surface area contributed by atoms with Crippen molar-refractivity contribution in [2.24, 2.45) is 0 Å². The number of carbonyl (C=O) groups excluding carboxylic acids is 1. The SMILES string of the molecule is Cc1ccc2c(C)ccc(C(C)NC(C)c3c4oc5c(C(C)NC(C)c6ccc(C)c7ccc(C)nc67)c(O)c(C)cc5c(-c5ccccc5C=O)c-4ccc3=O)c2n1.